The van der Waals surface area contributed by atoms with Crippen LogP contribution < -0.4 is 19.7 Å². The minimum atomic E-state index is -2.79. The molecule has 0 aromatic heterocycles. The number of thiocarbonyl (C=S) groups is 1. The maximum atomic E-state index is 12.0. The van der Waals surface area contributed by atoms with E-state index < -0.39 is 10.2 Å². The Kier molecular flexibility index (Phi) is 3.54. The summed E-state index contributed by atoms with van der Waals surface area (Å²) in [5.41, 5.74) is 0.749. The molecule has 21 heavy (non-hydrogen) atoms. The Morgan fingerprint density at radius 2 is 2.14 bits per heavy atom. The predicted octanol–water partition coefficient (Wildman–Crippen LogP) is 1.12. The van der Waals surface area contributed by atoms with Gasteiger partial charge in [-0.3, -0.25) is 0 Å². The summed E-state index contributed by atoms with van der Waals surface area (Å²) in [6.45, 7) is 0. The molecule has 1 unspecified atom stereocenters. The maximum absolute atomic E-state index is 12.0. The van der Waals surface area contributed by atoms with Crippen LogP contribution in [0.1, 0.15) is 0 Å². The summed E-state index contributed by atoms with van der Waals surface area (Å²) in [5.74, 6) is 1.75. The van der Waals surface area contributed by atoms with E-state index in [4.69, 9.17) is 21.7 Å². The molecule has 0 amide bonds. The molecular formula is C13H17N2O4S2+. The fraction of sp³-hybridized carbons (Fsp3) is 0.462. The Bertz CT molecular complexity index is 637. The van der Waals surface area contributed by atoms with E-state index in [2.05, 4.69) is 5.32 Å². The van der Waals surface area contributed by atoms with Crippen LogP contribution in [0.2, 0.25) is 0 Å². The van der Waals surface area contributed by atoms with Crippen LogP contribution in [-0.4, -0.2) is 47.5 Å². The first-order valence-electron chi connectivity index (χ1n) is 6.49. The molecule has 0 saturated carbocycles. The van der Waals surface area contributed by atoms with Crippen LogP contribution in [0.15, 0.2) is 18.2 Å². The summed E-state index contributed by atoms with van der Waals surface area (Å²) >= 11 is 5.38. The molecule has 0 aliphatic carbocycles. The lowest BCUT2D eigenvalue weighted by Crippen LogP contribution is -2.37. The van der Waals surface area contributed by atoms with Crippen LogP contribution >= 0.6 is 12.2 Å². The number of fused-ring (bicyclic) bond motifs is 1. The molecule has 3 rings (SSSR count). The van der Waals surface area contributed by atoms with E-state index in [0.29, 0.717) is 16.6 Å². The first-order valence-corrected chi connectivity index (χ1v) is 8.75. The summed E-state index contributed by atoms with van der Waals surface area (Å²) in [7, 11) is 0.380. The number of methoxy groups -OCH3 is 2. The minimum absolute atomic E-state index is 0.106. The van der Waals surface area contributed by atoms with Crippen molar-refractivity contribution in [1.29, 1.82) is 0 Å². The van der Waals surface area contributed by atoms with Crippen molar-refractivity contribution in [3.05, 3.63) is 18.2 Å². The lowest BCUT2D eigenvalue weighted by Gasteiger charge is -2.24. The monoisotopic (exact) mass is 329 g/mol. The van der Waals surface area contributed by atoms with Gasteiger partial charge in [0.25, 0.3) is 0 Å². The van der Waals surface area contributed by atoms with Crippen molar-refractivity contribution in [1.82, 2.24) is 5.32 Å². The smallest absolute Gasteiger partial charge is 0.218 e. The quantitative estimate of drug-likeness (QED) is 0.636. The highest BCUT2D eigenvalue weighted by Gasteiger charge is 2.54. The average molecular weight is 329 g/mol. The molecule has 0 bridgehead atoms. The Balaban J connectivity index is 2.02. The molecule has 2 fully saturated rings. The second-order valence-electron chi connectivity index (χ2n) is 5.14. The zero-order valence-corrected chi connectivity index (χ0v) is 13.4. The third-order valence-corrected chi connectivity index (χ3v) is 5.90. The molecule has 2 N–H and O–H groups in total. The molecule has 1 aromatic rings. The third-order valence-electron chi connectivity index (χ3n) is 3.84. The summed E-state index contributed by atoms with van der Waals surface area (Å²) in [5, 5.41) is 3.68. The van der Waals surface area contributed by atoms with E-state index in [1.807, 2.05) is 11.0 Å². The maximum Gasteiger partial charge on any atom is 0.218 e. The zero-order valence-electron chi connectivity index (χ0n) is 11.7. The van der Waals surface area contributed by atoms with Crippen molar-refractivity contribution in [2.45, 2.75) is 12.1 Å². The lowest BCUT2D eigenvalue weighted by atomic mass is 10.1. The lowest BCUT2D eigenvalue weighted by molar-refractivity contribution is 0.403. The zero-order chi connectivity index (χ0) is 15.2. The normalized spacial score (nSPS) is 31.0. The van der Waals surface area contributed by atoms with E-state index in [1.54, 1.807) is 26.4 Å². The van der Waals surface area contributed by atoms with E-state index in [9.17, 15) is 8.76 Å². The first-order chi connectivity index (χ1) is 9.95. The Labute approximate surface area is 129 Å². The molecule has 0 radical (unpaired) electrons. The van der Waals surface area contributed by atoms with Crippen LogP contribution in [0, 0.1) is 0 Å². The minimum Gasteiger partial charge on any atom is -0.497 e. The topological polar surface area (TPSA) is 71.0 Å². The first kappa shape index (κ1) is 14.6. The molecule has 2 saturated heterocycles. The van der Waals surface area contributed by atoms with Gasteiger partial charge in [-0.1, -0.05) is 4.21 Å². The number of nitrogens with zero attached hydrogens (tertiary/aromatic N) is 1. The van der Waals surface area contributed by atoms with Gasteiger partial charge in [0, 0.05) is 6.07 Å². The highest BCUT2D eigenvalue weighted by molar-refractivity contribution is 7.98. The van der Waals surface area contributed by atoms with Crippen LogP contribution in [0.3, 0.4) is 0 Å². The fourth-order valence-corrected chi connectivity index (χ4v) is 5.19. The molecule has 0 spiro atoms. The molecule has 2 aliphatic heterocycles. The molecule has 6 nitrogen and oxygen atoms in total. The van der Waals surface area contributed by atoms with Crippen LogP contribution in [-0.2, 0) is 14.4 Å². The van der Waals surface area contributed by atoms with Gasteiger partial charge in [-0.25, -0.2) is 0 Å². The van der Waals surface area contributed by atoms with Gasteiger partial charge in [-0.15, -0.1) is 0 Å². The van der Waals surface area contributed by atoms with Gasteiger partial charge in [0.2, 0.25) is 10.2 Å². The molecule has 1 aromatic carbocycles. The van der Waals surface area contributed by atoms with Gasteiger partial charge in [-0.2, -0.15) is 4.55 Å². The second-order valence-corrected chi connectivity index (χ2v) is 7.74. The largest absolute Gasteiger partial charge is 0.497 e. The van der Waals surface area contributed by atoms with Crippen LogP contribution in [0.25, 0.3) is 0 Å². The summed E-state index contributed by atoms with van der Waals surface area (Å²) < 4.78 is 32.4. The van der Waals surface area contributed by atoms with Gasteiger partial charge in [-0.05, 0) is 24.4 Å². The van der Waals surface area contributed by atoms with Crippen molar-refractivity contribution >= 4 is 33.2 Å². The fourth-order valence-electron chi connectivity index (χ4n) is 2.89. The van der Waals surface area contributed by atoms with Crippen LogP contribution in [0.4, 0.5) is 5.69 Å². The Morgan fingerprint density at radius 3 is 2.81 bits per heavy atom. The van der Waals surface area contributed by atoms with Crippen molar-refractivity contribution in [3.63, 3.8) is 0 Å². The Hall–Kier alpha value is -1.38. The van der Waals surface area contributed by atoms with Gasteiger partial charge in [0.1, 0.15) is 23.6 Å². The van der Waals surface area contributed by atoms with Crippen molar-refractivity contribution in [2.75, 3.05) is 30.6 Å². The average Bonchev–Trinajstić information content (AvgIpc) is 2.88. The predicted molar refractivity (Wildman–Crippen MR) is 85.7 cm³/mol. The third kappa shape index (κ3) is 2.47. The summed E-state index contributed by atoms with van der Waals surface area (Å²) in [6, 6.07) is 5.18. The molecule has 8 heteroatoms. The van der Waals surface area contributed by atoms with Gasteiger partial charge < -0.3 is 19.7 Å². The van der Waals surface area contributed by atoms with E-state index in [1.165, 1.54) is 0 Å². The molecule has 114 valence electrons. The van der Waals surface area contributed by atoms with Gasteiger partial charge in [0.05, 0.1) is 19.9 Å². The number of rotatable bonds is 3. The highest BCUT2D eigenvalue weighted by atomic mass is 32.3. The van der Waals surface area contributed by atoms with E-state index in [0.717, 1.165) is 5.69 Å². The number of hydrogen-bond donors (Lipinski definition) is 2. The molecule has 2 aliphatic rings. The number of ether oxygens (including phenoxy) is 2. The summed E-state index contributed by atoms with van der Waals surface area (Å²) in [4.78, 5) is 1.87. The van der Waals surface area contributed by atoms with Crippen molar-refractivity contribution < 1.29 is 18.2 Å². The Morgan fingerprint density at radius 1 is 1.38 bits per heavy atom. The second kappa shape index (κ2) is 5.11. The number of anilines is 1. The number of benzene rings is 1. The van der Waals surface area contributed by atoms with Crippen molar-refractivity contribution in [2.24, 2.45) is 0 Å². The standard InChI is InChI=1S/C13H16N2O4S2/c1-18-8-3-4-12(19-2)10(5-8)15-11-7-21(16,17)6-9(11)14-13(15)20/h3-5,9,11H,6-7H2,1-2H3,(H-,14,16,17,20)/p+1/t9-,11+/m1/s1. The summed E-state index contributed by atoms with van der Waals surface area (Å²) in [6.07, 6.45) is 0. The van der Waals surface area contributed by atoms with Crippen molar-refractivity contribution in [3.8, 4) is 11.5 Å². The SMILES string of the molecule is COc1ccc(OC)c(N2C(=S)N[C@@H]3C[S+](=O)(O)C[C@@H]32)c1. The number of nitrogens with one attached hydrogen (secondary N) is 1. The molecule has 3 atom stereocenters. The van der Waals surface area contributed by atoms with Crippen LogP contribution in [0.5, 0.6) is 11.5 Å². The highest BCUT2D eigenvalue weighted by Crippen LogP contribution is 2.38. The number of hydrogen-bond acceptors (Lipinski definition) is 4. The van der Waals surface area contributed by atoms with E-state index in [-0.39, 0.29) is 23.6 Å². The molecular weight excluding hydrogens is 312 g/mol. The van der Waals surface area contributed by atoms with Gasteiger partial charge >= 0.3 is 0 Å². The molecule has 2 heterocycles. The van der Waals surface area contributed by atoms with Gasteiger partial charge in [0.15, 0.2) is 16.6 Å². The van der Waals surface area contributed by atoms with E-state index >= 15 is 0 Å².